The Bertz CT molecular complexity index is 355. The molecule has 0 amide bonds. The van der Waals surface area contributed by atoms with E-state index in [2.05, 4.69) is 18.3 Å². The molecule has 18 heavy (non-hydrogen) atoms. The molecule has 1 aromatic heterocycles. The van der Waals surface area contributed by atoms with E-state index in [1.54, 1.807) is 0 Å². The van der Waals surface area contributed by atoms with E-state index in [-0.39, 0.29) is 0 Å². The van der Waals surface area contributed by atoms with E-state index >= 15 is 0 Å². The summed E-state index contributed by atoms with van der Waals surface area (Å²) in [5.41, 5.74) is 1.43. The van der Waals surface area contributed by atoms with Crippen molar-refractivity contribution in [1.82, 2.24) is 5.32 Å². The van der Waals surface area contributed by atoms with Crippen LogP contribution in [0.5, 0.6) is 0 Å². The lowest BCUT2D eigenvalue weighted by Crippen LogP contribution is -2.32. The Morgan fingerprint density at radius 1 is 1.28 bits per heavy atom. The molecular formula is C16H25NO. The van der Waals surface area contributed by atoms with Gasteiger partial charge in [-0.1, -0.05) is 19.8 Å². The lowest BCUT2D eigenvalue weighted by atomic mass is 9.71. The van der Waals surface area contributed by atoms with Crippen molar-refractivity contribution in [3.8, 4) is 0 Å². The number of hydrogen-bond acceptors (Lipinski definition) is 2. The monoisotopic (exact) mass is 247 g/mol. The summed E-state index contributed by atoms with van der Waals surface area (Å²) in [5, 5.41) is 3.72. The van der Waals surface area contributed by atoms with Crippen molar-refractivity contribution >= 4 is 0 Å². The topological polar surface area (TPSA) is 25.2 Å². The first-order chi connectivity index (χ1) is 8.86. The van der Waals surface area contributed by atoms with Crippen molar-refractivity contribution in [3.63, 3.8) is 0 Å². The SMILES string of the molecule is CCC1CCC(CNC2CC2)C(c2ccoc2)C1. The highest BCUT2D eigenvalue weighted by atomic mass is 16.3. The van der Waals surface area contributed by atoms with Crippen LogP contribution in [0.4, 0.5) is 0 Å². The quantitative estimate of drug-likeness (QED) is 0.852. The van der Waals surface area contributed by atoms with Crippen LogP contribution in [0.2, 0.25) is 0 Å². The Balaban J connectivity index is 1.65. The predicted octanol–water partition coefficient (Wildman–Crippen LogP) is 3.94. The molecule has 0 spiro atoms. The summed E-state index contributed by atoms with van der Waals surface area (Å²) in [6, 6.07) is 3.01. The largest absolute Gasteiger partial charge is 0.472 e. The van der Waals surface area contributed by atoms with E-state index in [4.69, 9.17) is 4.42 Å². The van der Waals surface area contributed by atoms with E-state index in [0.717, 1.165) is 17.9 Å². The fourth-order valence-corrected chi connectivity index (χ4v) is 3.44. The summed E-state index contributed by atoms with van der Waals surface area (Å²) in [4.78, 5) is 0. The standard InChI is InChI=1S/C16H25NO/c1-2-12-3-4-13(10-17-15-5-6-15)16(9-12)14-7-8-18-11-14/h7-8,11-13,15-17H,2-6,9-10H2,1H3. The fourth-order valence-electron chi connectivity index (χ4n) is 3.44. The van der Waals surface area contributed by atoms with Crippen molar-refractivity contribution in [2.45, 2.75) is 57.4 Å². The Kier molecular flexibility index (Phi) is 3.74. The fraction of sp³-hybridized carbons (Fsp3) is 0.750. The molecule has 0 aliphatic heterocycles. The first-order valence-electron chi connectivity index (χ1n) is 7.62. The number of rotatable bonds is 5. The van der Waals surface area contributed by atoms with Gasteiger partial charge in [-0.25, -0.2) is 0 Å². The Labute approximate surface area is 110 Å². The van der Waals surface area contributed by atoms with Crippen molar-refractivity contribution < 1.29 is 4.42 Å². The summed E-state index contributed by atoms with van der Waals surface area (Å²) >= 11 is 0. The summed E-state index contributed by atoms with van der Waals surface area (Å²) in [7, 11) is 0. The Morgan fingerprint density at radius 3 is 2.83 bits per heavy atom. The second-order valence-corrected chi connectivity index (χ2v) is 6.19. The summed E-state index contributed by atoms with van der Waals surface area (Å²) in [6.45, 7) is 3.54. The number of nitrogens with one attached hydrogen (secondary N) is 1. The van der Waals surface area contributed by atoms with Gasteiger partial charge in [-0.15, -0.1) is 0 Å². The molecule has 2 heteroatoms. The van der Waals surface area contributed by atoms with Gasteiger partial charge in [0, 0.05) is 6.04 Å². The molecule has 3 unspecified atom stereocenters. The van der Waals surface area contributed by atoms with Gasteiger partial charge in [-0.3, -0.25) is 0 Å². The molecule has 2 aliphatic rings. The predicted molar refractivity (Wildman–Crippen MR) is 73.6 cm³/mol. The molecule has 3 atom stereocenters. The lowest BCUT2D eigenvalue weighted by Gasteiger charge is -2.35. The van der Waals surface area contributed by atoms with Crippen LogP contribution in [-0.4, -0.2) is 12.6 Å². The maximum Gasteiger partial charge on any atom is 0.0937 e. The molecule has 1 aromatic rings. The van der Waals surface area contributed by atoms with E-state index in [1.165, 1.54) is 50.6 Å². The van der Waals surface area contributed by atoms with Gasteiger partial charge in [-0.2, -0.15) is 0 Å². The molecule has 1 heterocycles. The molecule has 2 nitrogen and oxygen atoms in total. The van der Waals surface area contributed by atoms with Gasteiger partial charge >= 0.3 is 0 Å². The van der Waals surface area contributed by atoms with Crippen LogP contribution in [0.15, 0.2) is 23.0 Å². The van der Waals surface area contributed by atoms with Crippen LogP contribution >= 0.6 is 0 Å². The van der Waals surface area contributed by atoms with E-state index in [0.29, 0.717) is 5.92 Å². The molecule has 2 fully saturated rings. The minimum atomic E-state index is 0.716. The van der Waals surface area contributed by atoms with Gasteiger partial charge in [0.2, 0.25) is 0 Å². The third-order valence-electron chi connectivity index (χ3n) is 4.90. The van der Waals surface area contributed by atoms with Gasteiger partial charge in [0.15, 0.2) is 0 Å². The normalized spacial score (nSPS) is 32.6. The van der Waals surface area contributed by atoms with Gasteiger partial charge in [0.1, 0.15) is 0 Å². The van der Waals surface area contributed by atoms with Crippen LogP contribution < -0.4 is 5.32 Å². The van der Waals surface area contributed by atoms with Crippen LogP contribution in [0.25, 0.3) is 0 Å². The molecule has 0 radical (unpaired) electrons. The summed E-state index contributed by atoms with van der Waals surface area (Å²) in [6.07, 6.45) is 12.1. The molecule has 2 saturated carbocycles. The second-order valence-electron chi connectivity index (χ2n) is 6.19. The third kappa shape index (κ3) is 2.80. The Morgan fingerprint density at radius 2 is 2.17 bits per heavy atom. The minimum Gasteiger partial charge on any atom is -0.472 e. The zero-order valence-corrected chi connectivity index (χ0v) is 11.4. The van der Waals surface area contributed by atoms with E-state index in [9.17, 15) is 0 Å². The highest BCUT2D eigenvalue weighted by molar-refractivity contribution is 5.15. The maximum atomic E-state index is 5.30. The molecule has 0 aromatic carbocycles. The van der Waals surface area contributed by atoms with Gasteiger partial charge < -0.3 is 9.73 Å². The molecule has 2 aliphatic carbocycles. The molecular weight excluding hydrogens is 222 g/mol. The van der Waals surface area contributed by atoms with E-state index < -0.39 is 0 Å². The average molecular weight is 247 g/mol. The van der Waals surface area contributed by atoms with Crippen molar-refractivity contribution in [2.75, 3.05) is 6.54 Å². The van der Waals surface area contributed by atoms with Crippen LogP contribution in [0.3, 0.4) is 0 Å². The molecule has 1 N–H and O–H groups in total. The second kappa shape index (κ2) is 5.48. The lowest BCUT2D eigenvalue weighted by molar-refractivity contribution is 0.224. The Hall–Kier alpha value is -0.760. The average Bonchev–Trinajstić information content (AvgIpc) is 3.08. The minimum absolute atomic E-state index is 0.716. The van der Waals surface area contributed by atoms with Crippen LogP contribution in [0, 0.1) is 11.8 Å². The van der Waals surface area contributed by atoms with Crippen molar-refractivity contribution in [1.29, 1.82) is 0 Å². The van der Waals surface area contributed by atoms with Crippen LogP contribution in [-0.2, 0) is 0 Å². The molecule has 3 rings (SSSR count). The van der Waals surface area contributed by atoms with Crippen LogP contribution in [0.1, 0.15) is 56.9 Å². The maximum absolute atomic E-state index is 5.30. The first kappa shape index (κ1) is 12.3. The number of furan rings is 1. The molecule has 100 valence electrons. The molecule has 0 bridgehead atoms. The van der Waals surface area contributed by atoms with Crippen molar-refractivity contribution in [3.05, 3.63) is 24.2 Å². The number of hydrogen-bond donors (Lipinski definition) is 1. The highest BCUT2D eigenvalue weighted by Gasteiger charge is 2.32. The third-order valence-corrected chi connectivity index (χ3v) is 4.90. The zero-order valence-electron chi connectivity index (χ0n) is 11.4. The van der Waals surface area contributed by atoms with Gasteiger partial charge in [-0.05, 0) is 61.6 Å². The highest BCUT2D eigenvalue weighted by Crippen LogP contribution is 2.41. The van der Waals surface area contributed by atoms with E-state index in [1.807, 2.05) is 12.5 Å². The smallest absolute Gasteiger partial charge is 0.0937 e. The van der Waals surface area contributed by atoms with Gasteiger partial charge in [0.05, 0.1) is 12.5 Å². The molecule has 0 saturated heterocycles. The first-order valence-corrected chi connectivity index (χ1v) is 7.62. The zero-order chi connectivity index (χ0) is 12.4. The van der Waals surface area contributed by atoms with Crippen molar-refractivity contribution in [2.24, 2.45) is 11.8 Å². The summed E-state index contributed by atoms with van der Waals surface area (Å²) in [5.74, 6) is 2.45. The van der Waals surface area contributed by atoms with Gasteiger partial charge in [0.25, 0.3) is 0 Å². The summed E-state index contributed by atoms with van der Waals surface area (Å²) < 4.78 is 5.30.